The first kappa shape index (κ1) is 25.3. The summed E-state index contributed by atoms with van der Waals surface area (Å²) in [6, 6.07) is 6.03. The Morgan fingerprint density at radius 3 is 2.38 bits per heavy atom. The number of carbonyl (C=O) groups excluding carboxylic acids is 1. The molecule has 2 aromatic rings. The lowest BCUT2D eigenvalue weighted by molar-refractivity contribution is -0.192. The molecule has 0 spiro atoms. The molecule has 1 aliphatic rings. The summed E-state index contributed by atoms with van der Waals surface area (Å²) in [5, 5.41) is 13.9. The largest absolute Gasteiger partial charge is 0.490 e. The number of carboxylic acid groups (broad SMARTS) is 1. The first-order valence-electron chi connectivity index (χ1n) is 9.73. The number of aryl methyl sites for hydroxylation is 1. The van der Waals surface area contributed by atoms with Gasteiger partial charge in [0.15, 0.2) is 5.76 Å². The number of carboxylic acids is 1. The number of nitrogens with zero attached hydrogens (tertiary/aromatic N) is 2. The van der Waals surface area contributed by atoms with Gasteiger partial charge >= 0.3 is 12.1 Å². The SMILES string of the molecule is O=C(CCc1cnoc1-c1ccc(F)cc1)NCCN1CCOCC1.O=C(O)C(F)(F)F. The molecule has 0 unspecified atom stereocenters. The maximum absolute atomic E-state index is 13.0. The summed E-state index contributed by atoms with van der Waals surface area (Å²) in [5.74, 6) is -2.47. The fraction of sp³-hybridized carbons (Fsp3) is 0.450. The van der Waals surface area contributed by atoms with Crippen molar-refractivity contribution >= 4 is 11.9 Å². The molecule has 1 aromatic heterocycles. The van der Waals surface area contributed by atoms with Crippen LogP contribution in [0.5, 0.6) is 0 Å². The number of hydrogen-bond donors (Lipinski definition) is 2. The molecule has 2 N–H and O–H groups in total. The minimum absolute atomic E-state index is 0.000449. The first-order chi connectivity index (χ1) is 15.2. The molecular formula is C20H23F4N3O5. The zero-order valence-electron chi connectivity index (χ0n) is 17.0. The van der Waals surface area contributed by atoms with Gasteiger partial charge in [0.1, 0.15) is 5.82 Å². The second-order valence-corrected chi connectivity index (χ2v) is 6.79. The maximum Gasteiger partial charge on any atom is 0.490 e. The molecule has 0 aliphatic carbocycles. The Labute approximate surface area is 181 Å². The van der Waals surface area contributed by atoms with Crippen molar-refractivity contribution in [1.82, 2.24) is 15.4 Å². The van der Waals surface area contributed by atoms with E-state index in [1.807, 2.05) is 0 Å². The number of amides is 1. The molecule has 1 saturated heterocycles. The lowest BCUT2D eigenvalue weighted by Gasteiger charge is -2.26. The Bertz CT molecular complexity index is 865. The zero-order valence-corrected chi connectivity index (χ0v) is 17.0. The molecule has 0 saturated carbocycles. The summed E-state index contributed by atoms with van der Waals surface area (Å²) < 4.78 is 55.3. The number of nitrogens with one attached hydrogen (secondary N) is 1. The van der Waals surface area contributed by atoms with Crippen molar-refractivity contribution in [1.29, 1.82) is 0 Å². The second-order valence-electron chi connectivity index (χ2n) is 6.79. The highest BCUT2D eigenvalue weighted by Crippen LogP contribution is 2.24. The number of ether oxygens (including phenoxy) is 1. The summed E-state index contributed by atoms with van der Waals surface area (Å²) in [6.45, 7) is 4.81. The zero-order chi connectivity index (χ0) is 23.6. The van der Waals surface area contributed by atoms with E-state index in [4.69, 9.17) is 19.2 Å². The minimum Gasteiger partial charge on any atom is -0.475 e. The van der Waals surface area contributed by atoms with E-state index < -0.39 is 12.1 Å². The third-order valence-corrected chi connectivity index (χ3v) is 4.47. The molecule has 12 heteroatoms. The van der Waals surface area contributed by atoms with E-state index in [-0.39, 0.29) is 11.7 Å². The van der Waals surface area contributed by atoms with Crippen LogP contribution in [0.2, 0.25) is 0 Å². The Hall–Kier alpha value is -2.99. The van der Waals surface area contributed by atoms with Crippen LogP contribution in [0.25, 0.3) is 11.3 Å². The number of alkyl halides is 3. The van der Waals surface area contributed by atoms with Crippen molar-refractivity contribution in [3.8, 4) is 11.3 Å². The van der Waals surface area contributed by atoms with Crippen molar-refractivity contribution < 1.29 is 41.5 Å². The molecule has 176 valence electrons. The number of aromatic nitrogens is 1. The van der Waals surface area contributed by atoms with Crippen LogP contribution in [-0.4, -0.2) is 72.6 Å². The normalized spacial score (nSPS) is 14.4. The van der Waals surface area contributed by atoms with E-state index in [0.717, 1.165) is 44.0 Å². The molecular weight excluding hydrogens is 438 g/mol. The minimum atomic E-state index is -5.08. The molecule has 32 heavy (non-hydrogen) atoms. The van der Waals surface area contributed by atoms with Gasteiger partial charge in [-0.15, -0.1) is 0 Å². The number of carbonyl (C=O) groups is 2. The summed E-state index contributed by atoms with van der Waals surface area (Å²) in [7, 11) is 0. The third kappa shape index (κ3) is 8.63. The fourth-order valence-electron chi connectivity index (χ4n) is 2.79. The number of morpholine rings is 1. The van der Waals surface area contributed by atoms with Crippen molar-refractivity contribution in [3.63, 3.8) is 0 Å². The highest BCUT2D eigenvalue weighted by molar-refractivity contribution is 5.76. The van der Waals surface area contributed by atoms with Crippen LogP contribution in [0, 0.1) is 5.82 Å². The van der Waals surface area contributed by atoms with Crippen LogP contribution in [-0.2, 0) is 20.7 Å². The second kappa shape index (κ2) is 12.2. The summed E-state index contributed by atoms with van der Waals surface area (Å²) >= 11 is 0. The van der Waals surface area contributed by atoms with Gasteiger partial charge in [-0.3, -0.25) is 9.69 Å². The molecule has 1 amide bonds. The Morgan fingerprint density at radius 1 is 1.16 bits per heavy atom. The average molecular weight is 461 g/mol. The smallest absolute Gasteiger partial charge is 0.475 e. The predicted molar refractivity (Wildman–Crippen MR) is 104 cm³/mol. The van der Waals surface area contributed by atoms with E-state index in [9.17, 15) is 22.4 Å². The third-order valence-electron chi connectivity index (χ3n) is 4.47. The highest BCUT2D eigenvalue weighted by atomic mass is 19.4. The Kier molecular flexibility index (Phi) is 9.60. The molecule has 0 bridgehead atoms. The van der Waals surface area contributed by atoms with Crippen LogP contribution in [0.3, 0.4) is 0 Å². The van der Waals surface area contributed by atoms with Gasteiger partial charge in [0.05, 0.1) is 19.4 Å². The Balaban J connectivity index is 0.000000451. The molecule has 3 rings (SSSR count). The van der Waals surface area contributed by atoms with Gasteiger partial charge in [0.2, 0.25) is 5.91 Å². The quantitative estimate of drug-likeness (QED) is 0.611. The van der Waals surface area contributed by atoms with Crippen LogP contribution in [0.15, 0.2) is 35.0 Å². The summed E-state index contributed by atoms with van der Waals surface area (Å²) in [5.41, 5.74) is 1.59. The van der Waals surface area contributed by atoms with E-state index in [1.165, 1.54) is 12.1 Å². The molecule has 0 radical (unpaired) electrons. The lowest BCUT2D eigenvalue weighted by Crippen LogP contribution is -2.41. The van der Waals surface area contributed by atoms with Crippen LogP contribution in [0.4, 0.5) is 17.6 Å². The van der Waals surface area contributed by atoms with Crippen LogP contribution >= 0.6 is 0 Å². The summed E-state index contributed by atoms with van der Waals surface area (Å²) in [4.78, 5) is 23.2. The van der Waals surface area contributed by atoms with Gasteiger partial charge < -0.3 is 19.7 Å². The van der Waals surface area contributed by atoms with E-state index in [0.29, 0.717) is 25.1 Å². The van der Waals surface area contributed by atoms with Crippen molar-refractivity contribution in [2.45, 2.75) is 19.0 Å². The van der Waals surface area contributed by atoms with E-state index in [2.05, 4.69) is 15.4 Å². The lowest BCUT2D eigenvalue weighted by atomic mass is 10.1. The van der Waals surface area contributed by atoms with Gasteiger partial charge in [-0.1, -0.05) is 5.16 Å². The molecule has 1 aromatic carbocycles. The van der Waals surface area contributed by atoms with E-state index >= 15 is 0 Å². The number of rotatable bonds is 7. The van der Waals surface area contributed by atoms with Crippen LogP contribution in [0.1, 0.15) is 12.0 Å². The molecule has 1 fully saturated rings. The van der Waals surface area contributed by atoms with E-state index in [1.54, 1.807) is 18.3 Å². The van der Waals surface area contributed by atoms with Gasteiger partial charge in [-0.2, -0.15) is 13.2 Å². The Morgan fingerprint density at radius 2 is 1.78 bits per heavy atom. The topological polar surface area (TPSA) is 105 Å². The number of benzene rings is 1. The van der Waals surface area contributed by atoms with Gasteiger partial charge in [-0.05, 0) is 30.7 Å². The molecule has 2 heterocycles. The highest BCUT2D eigenvalue weighted by Gasteiger charge is 2.38. The molecule has 1 aliphatic heterocycles. The predicted octanol–water partition coefficient (Wildman–Crippen LogP) is 2.50. The number of aliphatic carboxylic acids is 1. The first-order valence-corrected chi connectivity index (χ1v) is 9.73. The monoisotopic (exact) mass is 461 g/mol. The van der Waals surface area contributed by atoms with Crippen molar-refractivity contribution in [2.75, 3.05) is 39.4 Å². The molecule has 0 atom stereocenters. The number of halogens is 4. The number of hydrogen-bond acceptors (Lipinski definition) is 6. The van der Waals surface area contributed by atoms with Gasteiger partial charge in [0, 0.05) is 43.7 Å². The van der Waals surface area contributed by atoms with Crippen molar-refractivity contribution in [2.24, 2.45) is 0 Å². The average Bonchev–Trinajstić information content (AvgIpc) is 3.22. The molecule has 8 nitrogen and oxygen atoms in total. The van der Waals surface area contributed by atoms with Crippen molar-refractivity contribution in [3.05, 3.63) is 41.8 Å². The summed E-state index contributed by atoms with van der Waals surface area (Å²) in [6.07, 6.45) is -2.59. The van der Waals surface area contributed by atoms with Gasteiger partial charge in [0.25, 0.3) is 0 Å². The maximum atomic E-state index is 13.0. The van der Waals surface area contributed by atoms with Gasteiger partial charge in [-0.25, -0.2) is 9.18 Å². The van der Waals surface area contributed by atoms with Crippen LogP contribution < -0.4 is 5.32 Å². The fourth-order valence-corrected chi connectivity index (χ4v) is 2.79. The standard InChI is InChI=1S/C18H22FN3O3.C2HF3O2/c19-16-4-1-14(2-5-16)18-15(13-21-25-18)3-6-17(23)20-7-8-22-9-11-24-12-10-22;3-2(4,5)1(6)7/h1-2,4-5,13H,3,6-12H2,(H,20,23);(H,6,7).